The smallest absolute Gasteiger partial charge is 0.316 e. The first kappa shape index (κ1) is 28.3. The Bertz CT molecular complexity index is 1450. The first-order valence-electron chi connectivity index (χ1n) is 13.3. The molecule has 0 bridgehead atoms. The lowest BCUT2D eigenvalue weighted by Crippen LogP contribution is -2.48. The fourth-order valence-electron chi connectivity index (χ4n) is 4.26. The molecule has 2 aromatic carbocycles. The second-order valence-electron chi connectivity index (χ2n) is 10.4. The fraction of sp³-hybridized carbons (Fsp3) is 0.333. The lowest BCUT2D eigenvalue weighted by Gasteiger charge is -2.35. The summed E-state index contributed by atoms with van der Waals surface area (Å²) in [5.74, 6) is -0.108. The summed E-state index contributed by atoms with van der Waals surface area (Å²) in [6, 6.07) is 17.7. The highest BCUT2D eigenvalue weighted by Crippen LogP contribution is 2.35. The molecule has 0 atom stereocenters. The molecule has 0 radical (unpaired) electrons. The molecule has 5 rings (SSSR count). The van der Waals surface area contributed by atoms with Crippen LogP contribution in [0.25, 0.3) is 22.6 Å². The van der Waals surface area contributed by atoms with Crippen LogP contribution < -0.4 is 10.1 Å². The molecule has 0 saturated carbocycles. The van der Waals surface area contributed by atoms with Crippen LogP contribution in [0.1, 0.15) is 24.6 Å². The van der Waals surface area contributed by atoms with Gasteiger partial charge in [-0.05, 0) is 56.9 Å². The number of amides is 1. The Hall–Kier alpha value is -4.19. The van der Waals surface area contributed by atoms with Crippen molar-refractivity contribution in [1.82, 2.24) is 30.2 Å². The number of aromatic nitrogens is 4. The highest BCUT2D eigenvalue weighted by atomic mass is 19.1. The Labute approximate surface area is 237 Å². The predicted molar refractivity (Wildman–Crippen MR) is 150 cm³/mol. The molecule has 1 amide bonds. The van der Waals surface area contributed by atoms with Crippen LogP contribution in [0.3, 0.4) is 0 Å². The van der Waals surface area contributed by atoms with Crippen LogP contribution >= 0.6 is 0 Å². The molecule has 1 fully saturated rings. The number of carbonyl (C=O) groups excluding carboxylic acids is 1. The number of ether oxygens (including phenoxy) is 3. The van der Waals surface area contributed by atoms with Gasteiger partial charge in [-0.15, -0.1) is 0 Å². The van der Waals surface area contributed by atoms with Crippen molar-refractivity contribution in [3.05, 3.63) is 84.1 Å². The Kier molecular flexibility index (Phi) is 8.67. The number of aromatic amines is 1. The standard InChI is InChI=1S/C30H33FN6O4/c1-30(28(38)33-17-20-7-5-4-6-8-20)18-40-27(41-19-30)26-35-24(21-9-11-22(31)12-10-21)25(36-26)23-13-14-32-29(34-23)39-16-15-37(2)3/h4-14,27H,15-19H2,1-3H3,(H,33,38)(H,35,36). The lowest BCUT2D eigenvalue weighted by atomic mass is 9.91. The van der Waals surface area contributed by atoms with Crippen molar-refractivity contribution < 1.29 is 23.4 Å². The van der Waals surface area contributed by atoms with E-state index in [-0.39, 0.29) is 30.9 Å². The molecule has 0 aliphatic carbocycles. The van der Waals surface area contributed by atoms with Gasteiger partial charge in [-0.2, -0.15) is 4.98 Å². The molecule has 11 heteroatoms. The third-order valence-corrected chi connectivity index (χ3v) is 6.67. The number of H-pyrrole nitrogens is 1. The van der Waals surface area contributed by atoms with E-state index < -0.39 is 11.7 Å². The molecular weight excluding hydrogens is 527 g/mol. The minimum absolute atomic E-state index is 0.136. The van der Waals surface area contributed by atoms with Crippen molar-refractivity contribution in [3.8, 4) is 28.7 Å². The van der Waals surface area contributed by atoms with Crippen molar-refractivity contribution in [3.63, 3.8) is 0 Å². The van der Waals surface area contributed by atoms with Crippen molar-refractivity contribution in [2.24, 2.45) is 5.41 Å². The SMILES string of the molecule is CN(C)CCOc1nccc(-c2[nH]c(C3OCC(C)(C(=O)NCc4ccccc4)CO3)nc2-c2ccc(F)cc2)n1. The molecule has 0 unspecified atom stereocenters. The van der Waals surface area contributed by atoms with E-state index in [4.69, 9.17) is 19.2 Å². The molecule has 1 saturated heterocycles. The zero-order chi connectivity index (χ0) is 28.8. The first-order valence-corrected chi connectivity index (χ1v) is 13.3. The van der Waals surface area contributed by atoms with Gasteiger partial charge >= 0.3 is 6.01 Å². The van der Waals surface area contributed by atoms with Crippen LogP contribution in [0.5, 0.6) is 6.01 Å². The minimum Gasteiger partial charge on any atom is -0.462 e. The van der Waals surface area contributed by atoms with Crippen molar-refractivity contribution in [2.45, 2.75) is 19.8 Å². The number of hydrogen-bond donors (Lipinski definition) is 2. The zero-order valence-corrected chi connectivity index (χ0v) is 23.3. The zero-order valence-electron chi connectivity index (χ0n) is 23.3. The third-order valence-electron chi connectivity index (χ3n) is 6.67. The molecule has 3 heterocycles. The Morgan fingerprint density at radius 3 is 2.54 bits per heavy atom. The van der Waals surface area contributed by atoms with Gasteiger partial charge in [-0.1, -0.05) is 30.3 Å². The highest BCUT2D eigenvalue weighted by Gasteiger charge is 2.40. The summed E-state index contributed by atoms with van der Waals surface area (Å²) >= 11 is 0. The van der Waals surface area contributed by atoms with E-state index in [2.05, 4.69) is 20.3 Å². The largest absolute Gasteiger partial charge is 0.462 e. The molecule has 214 valence electrons. The van der Waals surface area contributed by atoms with Gasteiger partial charge in [0.15, 0.2) is 5.82 Å². The summed E-state index contributed by atoms with van der Waals surface area (Å²) in [6.07, 6.45) is 0.769. The number of carbonyl (C=O) groups is 1. The summed E-state index contributed by atoms with van der Waals surface area (Å²) < 4.78 is 31.4. The van der Waals surface area contributed by atoms with Gasteiger partial charge in [0.05, 0.1) is 35.7 Å². The monoisotopic (exact) mass is 560 g/mol. The molecule has 1 aliphatic rings. The van der Waals surface area contributed by atoms with E-state index in [9.17, 15) is 9.18 Å². The Morgan fingerprint density at radius 1 is 1.10 bits per heavy atom. The molecule has 10 nitrogen and oxygen atoms in total. The summed E-state index contributed by atoms with van der Waals surface area (Å²) in [4.78, 5) is 31.8. The van der Waals surface area contributed by atoms with Crippen LogP contribution in [0, 0.1) is 11.2 Å². The van der Waals surface area contributed by atoms with Crippen molar-refractivity contribution in [1.29, 1.82) is 0 Å². The Balaban J connectivity index is 1.34. The summed E-state index contributed by atoms with van der Waals surface area (Å²) in [7, 11) is 3.91. The molecule has 41 heavy (non-hydrogen) atoms. The second-order valence-corrected chi connectivity index (χ2v) is 10.4. The van der Waals surface area contributed by atoms with E-state index in [0.29, 0.717) is 48.2 Å². The Morgan fingerprint density at radius 2 is 1.83 bits per heavy atom. The minimum atomic E-state index is -0.869. The van der Waals surface area contributed by atoms with Gasteiger partial charge in [0, 0.05) is 24.8 Å². The van der Waals surface area contributed by atoms with E-state index >= 15 is 0 Å². The number of likely N-dealkylation sites (N-methyl/N-ethyl adjacent to an activating group) is 1. The van der Waals surface area contributed by atoms with Gasteiger partial charge in [0.25, 0.3) is 0 Å². The van der Waals surface area contributed by atoms with E-state index in [1.165, 1.54) is 12.1 Å². The molecule has 1 aliphatic heterocycles. The van der Waals surface area contributed by atoms with Gasteiger partial charge in [0.1, 0.15) is 12.4 Å². The number of rotatable bonds is 10. The second kappa shape index (κ2) is 12.5. The quantitative estimate of drug-likeness (QED) is 0.299. The first-order chi connectivity index (χ1) is 19.8. The van der Waals surface area contributed by atoms with E-state index in [0.717, 1.165) is 5.56 Å². The van der Waals surface area contributed by atoms with Crippen LogP contribution in [-0.2, 0) is 20.8 Å². The maximum Gasteiger partial charge on any atom is 0.316 e. The number of nitrogens with zero attached hydrogens (tertiary/aromatic N) is 4. The number of benzene rings is 2. The molecule has 2 aromatic heterocycles. The topological polar surface area (TPSA) is 114 Å². The predicted octanol–water partition coefficient (Wildman–Crippen LogP) is 3.98. The van der Waals surface area contributed by atoms with Crippen LogP contribution in [-0.4, -0.2) is 71.2 Å². The highest BCUT2D eigenvalue weighted by molar-refractivity contribution is 5.82. The third kappa shape index (κ3) is 6.94. The number of hydrogen-bond acceptors (Lipinski definition) is 8. The van der Waals surface area contributed by atoms with Gasteiger partial charge in [-0.3, -0.25) is 4.79 Å². The van der Waals surface area contributed by atoms with Crippen LogP contribution in [0.2, 0.25) is 0 Å². The van der Waals surface area contributed by atoms with Crippen molar-refractivity contribution >= 4 is 5.91 Å². The fourth-order valence-corrected chi connectivity index (χ4v) is 4.26. The van der Waals surface area contributed by atoms with Gasteiger partial charge in [-0.25, -0.2) is 14.4 Å². The molecular formula is C30H33FN6O4. The average Bonchev–Trinajstić information content (AvgIpc) is 3.43. The maximum atomic E-state index is 13.7. The summed E-state index contributed by atoms with van der Waals surface area (Å²) in [6.45, 7) is 3.63. The van der Waals surface area contributed by atoms with Crippen LogP contribution in [0.15, 0.2) is 66.9 Å². The number of halogens is 1. The summed E-state index contributed by atoms with van der Waals surface area (Å²) in [5.41, 5.74) is 2.47. The van der Waals surface area contributed by atoms with Gasteiger partial charge < -0.3 is 29.4 Å². The number of nitrogens with one attached hydrogen (secondary N) is 2. The van der Waals surface area contributed by atoms with Crippen LogP contribution in [0.4, 0.5) is 4.39 Å². The van der Waals surface area contributed by atoms with Crippen molar-refractivity contribution in [2.75, 3.05) is 40.5 Å². The maximum absolute atomic E-state index is 13.7. The van der Waals surface area contributed by atoms with E-state index in [1.807, 2.05) is 49.3 Å². The number of imidazole rings is 1. The molecule has 0 spiro atoms. The summed E-state index contributed by atoms with van der Waals surface area (Å²) in [5, 5.41) is 2.97. The molecule has 2 N–H and O–H groups in total. The average molecular weight is 561 g/mol. The normalized spacial score (nSPS) is 18.8. The van der Waals surface area contributed by atoms with E-state index in [1.54, 1.807) is 31.3 Å². The van der Waals surface area contributed by atoms with Gasteiger partial charge in [0.2, 0.25) is 12.2 Å². The molecule has 4 aromatic rings. The lowest BCUT2D eigenvalue weighted by molar-refractivity contribution is -0.231.